The normalized spacial score (nSPS) is 12.4. The Bertz CT molecular complexity index is 617. The van der Waals surface area contributed by atoms with Gasteiger partial charge in [-0.25, -0.2) is 13.1 Å². The number of nitrogens with two attached hydrogens (primary N) is 1. The average molecular weight is 347 g/mol. The maximum Gasteiger partial charge on any atom is 0.390 e. The third-order valence-corrected chi connectivity index (χ3v) is 4.38. The van der Waals surface area contributed by atoms with Crippen LogP contribution in [0.4, 0.5) is 13.2 Å². The van der Waals surface area contributed by atoms with Crippen molar-refractivity contribution in [3.8, 4) is 0 Å². The molecular weight excluding hydrogens is 337 g/mol. The van der Waals surface area contributed by atoms with Crippen LogP contribution < -0.4 is 10.5 Å². The molecule has 10 heteroatoms. The zero-order valence-corrected chi connectivity index (χ0v) is 12.3. The largest absolute Gasteiger partial charge is 0.390 e. The van der Waals surface area contributed by atoms with Crippen molar-refractivity contribution in [2.45, 2.75) is 17.5 Å². The van der Waals surface area contributed by atoms with Crippen molar-refractivity contribution in [1.82, 2.24) is 4.72 Å². The Morgan fingerprint density at radius 2 is 2.00 bits per heavy atom. The Morgan fingerprint density at radius 3 is 2.50 bits per heavy atom. The predicted octanol–water partition coefficient (Wildman–Crippen LogP) is 2.20. The number of alkyl halides is 3. The second-order valence-electron chi connectivity index (χ2n) is 3.77. The van der Waals surface area contributed by atoms with Gasteiger partial charge in [-0.2, -0.15) is 13.2 Å². The van der Waals surface area contributed by atoms with Gasteiger partial charge in [0.1, 0.15) is 9.88 Å². The summed E-state index contributed by atoms with van der Waals surface area (Å²) in [6.45, 7) is -0.778. The Hall–Kier alpha value is -0.900. The molecule has 0 bridgehead atoms. The van der Waals surface area contributed by atoms with Crippen molar-refractivity contribution in [3.63, 3.8) is 0 Å². The molecule has 0 aliphatic rings. The first kappa shape index (κ1) is 17.2. The maximum absolute atomic E-state index is 12.0. The standard InChI is InChI=1S/C10H10ClF3N2O2S2/c11-7-2-1-6(9(15)19)5-8(7)20(17,18)16-4-3-10(12,13)14/h1-2,5,16H,3-4H2,(H2,15,19). The molecular formula is C10H10ClF3N2O2S2. The van der Waals surface area contributed by atoms with Gasteiger partial charge in [0.2, 0.25) is 10.0 Å². The molecule has 1 aromatic rings. The lowest BCUT2D eigenvalue weighted by Gasteiger charge is -2.11. The Balaban J connectivity index is 2.97. The first-order valence-electron chi connectivity index (χ1n) is 5.19. The molecule has 20 heavy (non-hydrogen) atoms. The predicted molar refractivity (Wildman–Crippen MR) is 73.2 cm³/mol. The minimum Gasteiger partial charge on any atom is -0.389 e. The van der Waals surface area contributed by atoms with Crippen LogP contribution in [-0.2, 0) is 10.0 Å². The SMILES string of the molecule is NC(=S)c1ccc(Cl)c(S(=O)(=O)NCCC(F)(F)F)c1. The summed E-state index contributed by atoms with van der Waals surface area (Å²) in [4.78, 5) is -0.417. The highest BCUT2D eigenvalue weighted by Gasteiger charge is 2.28. The molecule has 0 saturated heterocycles. The molecule has 0 radical (unpaired) electrons. The van der Waals surface area contributed by atoms with Gasteiger partial charge in [-0.1, -0.05) is 29.9 Å². The Labute approximate surface area is 124 Å². The van der Waals surface area contributed by atoms with Crippen LogP contribution in [0.25, 0.3) is 0 Å². The fourth-order valence-corrected chi connectivity index (χ4v) is 2.95. The number of sulfonamides is 1. The molecule has 0 heterocycles. The molecule has 0 amide bonds. The van der Waals surface area contributed by atoms with Crippen molar-refractivity contribution < 1.29 is 21.6 Å². The quantitative estimate of drug-likeness (QED) is 0.802. The second-order valence-corrected chi connectivity index (χ2v) is 6.35. The minimum absolute atomic E-state index is 0.0478. The number of hydrogen-bond donors (Lipinski definition) is 2. The summed E-state index contributed by atoms with van der Waals surface area (Å²) in [5.41, 5.74) is 5.61. The van der Waals surface area contributed by atoms with Crippen molar-refractivity contribution in [1.29, 1.82) is 0 Å². The van der Waals surface area contributed by atoms with Crippen LogP contribution in [0.5, 0.6) is 0 Å². The fourth-order valence-electron chi connectivity index (χ4n) is 1.27. The molecule has 0 aromatic heterocycles. The summed E-state index contributed by atoms with van der Waals surface area (Å²) in [5, 5.41) is -0.135. The maximum atomic E-state index is 12.0. The molecule has 0 unspecified atom stereocenters. The summed E-state index contributed by atoms with van der Waals surface area (Å²) >= 11 is 10.4. The third kappa shape index (κ3) is 4.89. The van der Waals surface area contributed by atoms with Gasteiger partial charge in [-0.15, -0.1) is 0 Å². The topological polar surface area (TPSA) is 72.2 Å². The van der Waals surface area contributed by atoms with E-state index in [0.29, 0.717) is 0 Å². The van der Waals surface area contributed by atoms with Crippen molar-refractivity contribution in [2.24, 2.45) is 5.73 Å². The summed E-state index contributed by atoms with van der Waals surface area (Å²) in [7, 11) is -4.17. The van der Waals surface area contributed by atoms with E-state index in [2.05, 4.69) is 0 Å². The molecule has 1 rings (SSSR count). The fraction of sp³-hybridized carbons (Fsp3) is 0.300. The van der Waals surface area contributed by atoms with E-state index in [0.717, 1.165) is 6.07 Å². The Morgan fingerprint density at radius 1 is 1.40 bits per heavy atom. The van der Waals surface area contributed by atoms with Gasteiger partial charge in [-0.3, -0.25) is 0 Å². The molecule has 112 valence electrons. The highest BCUT2D eigenvalue weighted by Crippen LogP contribution is 2.23. The van der Waals surface area contributed by atoms with Crippen LogP contribution in [0.2, 0.25) is 5.02 Å². The van der Waals surface area contributed by atoms with E-state index in [1.807, 2.05) is 4.72 Å². The highest BCUT2D eigenvalue weighted by molar-refractivity contribution is 7.89. The second kappa shape index (κ2) is 6.25. The van der Waals surface area contributed by atoms with E-state index in [-0.39, 0.29) is 20.5 Å². The van der Waals surface area contributed by atoms with E-state index in [1.54, 1.807) is 0 Å². The smallest absolute Gasteiger partial charge is 0.389 e. The van der Waals surface area contributed by atoms with E-state index in [9.17, 15) is 21.6 Å². The summed E-state index contributed by atoms with van der Waals surface area (Å²) < 4.78 is 61.5. The van der Waals surface area contributed by atoms with Crippen molar-refractivity contribution in [3.05, 3.63) is 28.8 Å². The minimum atomic E-state index is -4.45. The molecule has 0 saturated carbocycles. The monoisotopic (exact) mass is 346 g/mol. The lowest BCUT2D eigenvalue weighted by atomic mass is 10.2. The molecule has 0 atom stereocenters. The van der Waals surface area contributed by atoms with Crippen LogP contribution in [-0.4, -0.2) is 26.1 Å². The summed E-state index contributed by atoms with van der Waals surface area (Å²) in [5.74, 6) is 0. The number of nitrogens with one attached hydrogen (secondary N) is 1. The highest BCUT2D eigenvalue weighted by atomic mass is 35.5. The number of benzene rings is 1. The van der Waals surface area contributed by atoms with Crippen LogP contribution in [0.3, 0.4) is 0 Å². The average Bonchev–Trinajstić information content (AvgIpc) is 2.26. The zero-order valence-electron chi connectivity index (χ0n) is 9.87. The number of halogens is 4. The van der Waals surface area contributed by atoms with Crippen LogP contribution in [0.1, 0.15) is 12.0 Å². The van der Waals surface area contributed by atoms with Gasteiger partial charge in [0, 0.05) is 12.1 Å². The first-order chi connectivity index (χ1) is 9.03. The molecule has 3 N–H and O–H groups in total. The van der Waals surface area contributed by atoms with E-state index >= 15 is 0 Å². The van der Waals surface area contributed by atoms with Crippen LogP contribution in [0.15, 0.2) is 23.1 Å². The molecule has 0 aliphatic heterocycles. The van der Waals surface area contributed by atoms with Gasteiger partial charge in [-0.05, 0) is 12.1 Å². The van der Waals surface area contributed by atoms with Crippen molar-refractivity contribution >= 4 is 38.8 Å². The summed E-state index contributed by atoms with van der Waals surface area (Å²) in [6, 6.07) is 3.79. The van der Waals surface area contributed by atoms with Gasteiger partial charge in [0.15, 0.2) is 0 Å². The Kier molecular flexibility index (Phi) is 5.36. The number of hydrogen-bond acceptors (Lipinski definition) is 3. The van der Waals surface area contributed by atoms with Crippen molar-refractivity contribution in [2.75, 3.05) is 6.54 Å². The van der Waals surface area contributed by atoms with E-state index in [1.165, 1.54) is 12.1 Å². The molecule has 0 spiro atoms. The lowest BCUT2D eigenvalue weighted by Crippen LogP contribution is -2.28. The molecule has 0 aliphatic carbocycles. The third-order valence-electron chi connectivity index (χ3n) is 2.21. The van der Waals surface area contributed by atoms with E-state index < -0.39 is 29.2 Å². The zero-order chi connectivity index (χ0) is 15.6. The number of rotatable bonds is 5. The van der Waals surface area contributed by atoms with Gasteiger partial charge >= 0.3 is 6.18 Å². The first-order valence-corrected chi connectivity index (χ1v) is 7.45. The summed E-state index contributed by atoms with van der Waals surface area (Å²) in [6.07, 6.45) is -5.73. The van der Waals surface area contributed by atoms with Gasteiger partial charge < -0.3 is 5.73 Å². The number of thiocarbonyl (C=S) groups is 1. The lowest BCUT2D eigenvalue weighted by molar-refractivity contribution is -0.132. The molecule has 1 aromatic carbocycles. The molecule has 4 nitrogen and oxygen atoms in total. The van der Waals surface area contributed by atoms with E-state index in [4.69, 9.17) is 29.6 Å². The van der Waals surface area contributed by atoms with Crippen LogP contribution in [0, 0.1) is 0 Å². The molecule has 0 fully saturated rings. The van der Waals surface area contributed by atoms with Gasteiger partial charge in [0.05, 0.1) is 11.4 Å². The van der Waals surface area contributed by atoms with Gasteiger partial charge in [0.25, 0.3) is 0 Å². The van der Waals surface area contributed by atoms with Crippen LogP contribution >= 0.6 is 23.8 Å².